The zero-order valence-electron chi connectivity index (χ0n) is 10.2. The van der Waals surface area contributed by atoms with Crippen LogP contribution in [0.4, 0.5) is 13.2 Å². The molecule has 0 amide bonds. The molecule has 0 radical (unpaired) electrons. The smallest absolute Gasteiger partial charge is 0.416 e. The van der Waals surface area contributed by atoms with Crippen molar-refractivity contribution in [3.05, 3.63) is 59.4 Å². The molecule has 0 unspecified atom stereocenters. The summed E-state index contributed by atoms with van der Waals surface area (Å²) < 4.78 is 42.9. The second-order valence-electron chi connectivity index (χ2n) is 3.94. The molecular weight excluding hydrogens is 269 g/mol. The molecular formula is C14H9F3N2O. The van der Waals surface area contributed by atoms with Crippen molar-refractivity contribution in [1.82, 2.24) is 4.98 Å². The van der Waals surface area contributed by atoms with Crippen LogP contribution in [0, 0.1) is 11.3 Å². The first-order valence-corrected chi connectivity index (χ1v) is 5.65. The van der Waals surface area contributed by atoms with Gasteiger partial charge in [-0.3, -0.25) is 0 Å². The van der Waals surface area contributed by atoms with Gasteiger partial charge in [-0.15, -0.1) is 0 Å². The van der Waals surface area contributed by atoms with E-state index in [1.165, 1.54) is 18.3 Å². The topological polar surface area (TPSA) is 45.9 Å². The molecule has 2 aromatic rings. The molecule has 3 nitrogen and oxygen atoms in total. The number of hydrogen-bond donors (Lipinski definition) is 0. The Morgan fingerprint density at radius 2 is 2.00 bits per heavy atom. The Labute approximate surface area is 113 Å². The molecule has 20 heavy (non-hydrogen) atoms. The van der Waals surface area contributed by atoms with Crippen molar-refractivity contribution in [3.63, 3.8) is 0 Å². The highest BCUT2D eigenvalue weighted by molar-refractivity contribution is 5.33. The molecule has 2 rings (SSSR count). The molecule has 1 aromatic heterocycles. The third-order valence-electron chi connectivity index (χ3n) is 2.55. The molecule has 0 aliphatic rings. The van der Waals surface area contributed by atoms with E-state index < -0.39 is 11.7 Å². The van der Waals surface area contributed by atoms with Crippen molar-refractivity contribution in [2.45, 2.75) is 12.8 Å². The fourth-order valence-electron chi connectivity index (χ4n) is 1.58. The van der Waals surface area contributed by atoms with Crippen LogP contribution >= 0.6 is 0 Å². The van der Waals surface area contributed by atoms with Gasteiger partial charge in [0.05, 0.1) is 5.56 Å². The number of nitrogens with zero attached hydrogens (tertiary/aromatic N) is 2. The van der Waals surface area contributed by atoms with Gasteiger partial charge in [-0.1, -0.05) is 12.1 Å². The summed E-state index contributed by atoms with van der Waals surface area (Å²) in [5.41, 5.74) is -0.0615. The maximum absolute atomic E-state index is 12.5. The normalized spacial score (nSPS) is 10.9. The summed E-state index contributed by atoms with van der Waals surface area (Å²) in [6.07, 6.45) is -2.95. The molecule has 0 saturated carbocycles. The summed E-state index contributed by atoms with van der Waals surface area (Å²) in [6, 6.07) is 9.75. The lowest BCUT2D eigenvalue weighted by atomic mass is 10.2. The fourth-order valence-corrected chi connectivity index (χ4v) is 1.58. The minimum absolute atomic E-state index is 0.0158. The van der Waals surface area contributed by atoms with Gasteiger partial charge in [-0.05, 0) is 24.3 Å². The Hall–Kier alpha value is -2.55. The Bertz CT molecular complexity index is 647. The molecule has 1 aromatic carbocycles. The predicted molar refractivity (Wildman–Crippen MR) is 64.7 cm³/mol. The monoisotopic (exact) mass is 278 g/mol. The lowest BCUT2D eigenvalue weighted by Crippen LogP contribution is -2.05. The third kappa shape index (κ3) is 3.26. The summed E-state index contributed by atoms with van der Waals surface area (Å²) in [5.74, 6) is 0.0903. The minimum atomic E-state index is -4.41. The van der Waals surface area contributed by atoms with E-state index >= 15 is 0 Å². The van der Waals surface area contributed by atoms with Crippen LogP contribution in [0.15, 0.2) is 42.6 Å². The summed E-state index contributed by atoms with van der Waals surface area (Å²) in [4.78, 5) is 3.85. The van der Waals surface area contributed by atoms with Crippen LogP contribution in [-0.4, -0.2) is 4.98 Å². The first kappa shape index (κ1) is 13.9. The third-order valence-corrected chi connectivity index (χ3v) is 2.55. The van der Waals surface area contributed by atoms with Gasteiger partial charge in [-0.2, -0.15) is 18.4 Å². The molecule has 0 fully saturated rings. The molecule has 0 atom stereocenters. The van der Waals surface area contributed by atoms with Gasteiger partial charge in [0.2, 0.25) is 0 Å². The molecule has 0 aliphatic carbocycles. The minimum Gasteiger partial charge on any atom is -0.489 e. The number of rotatable bonds is 3. The van der Waals surface area contributed by atoms with Crippen LogP contribution < -0.4 is 4.74 Å². The van der Waals surface area contributed by atoms with Crippen molar-refractivity contribution in [3.8, 4) is 11.8 Å². The van der Waals surface area contributed by atoms with E-state index in [4.69, 9.17) is 10.00 Å². The maximum atomic E-state index is 12.5. The summed E-state index contributed by atoms with van der Waals surface area (Å²) >= 11 is 0. The lowest BCUT2D eigenvalue weighted by Gasteiger charge is -2.10. The standard InChI is InChI=1S/C14H9F3N2O/c15-14(16,17)11-4-1-5-12(7-11)20-9-10-3-2-6-19-13(10)8-18/h1-7H,9H2. The zero-order chi connectivity index (χ0) is 14.6. The van der Waals surface area contributed by atoms with Crippen molar-refractivity contribution in [1.29, 1.82) is 5.26 Å². The van der Waals surface area contributed by atoms with E-state index in [1.807, 2.05) is 6.07 Å². The fraction of sp³-hybridized carbons (Fsp3) is 0.143. The van der Waals surface area contributed by atoms with Crippen molar-refractivity contribution in [2.75, 3.05) is 0 Å². The zero-order valence-corrected chi connectivity index (χ0v) is 10.2. The molecule has 0 saturated heterocycles. The van der Waals surface area contributed by atoms with E-state index in [2.05, 4.69) is 4.98 Å². The SMILES string of the molecule is N#Cc1ncccc1COc1cccc(C(F)(F)F)c1. The lowest BCUT2D eigenvalue weighted by molar-refractivity contribution is -0.137. The number of nitriles is 1. The molecule has 0 bridgehead atoms. The van der Waals surface area contributed by atoms with Crippen LogP contribution in [0.25, 0.3) is 0 Å². The van der Waals surface area contributed by atoms with Gasteiger partial charge in [0.1, 0.15) is 24.1 Å². The van der Waals surface area contributed by atoms with Crippen molar-refractivity contribution >= 4 is 0 Å². The van der Waals surface area contributed by atoms with E-state index in [0.717, 1.165) is 12.1 Å². The van der Waals surface area contributed by atoms with Crippen LogP contribution in [-0.2, 0) is 12.8 Å². The Balaban J connectivity index is 2.14. The molecule has 6 heteroatoms. The predicted octanol–water partition coefficient (Wildman–Crippen LogP) is 3.55. The first-order valence-electron chi connectivity index (χ1n) is 5.65. The number of benzene rings is 1. The van der Waals surface area contributed by atoms with E-state index in [9.17, 15) is 13.2 Å². The maximum Gasteiger partial charge on any atom is 0.416 e. The quantitative estimate of drug-likeness (QED) is 0.862. The molecule has 0 spiro atoms. The number of halogens is 3. The van der Waals surface area contributed by atoms with Gasteiger partial charge in [0.25, 0.3) is 0 Å². The molecule has 0 N–H and O–H groups in total. The second-order valence-corrected chi connectivity index (χ2v) is 3.94. The Morgan fingerprint density at radius 1 is 1.20 bits per heavy atom. The molecule has 1 heterocycles. The molecule has 102 valence electrons. The molecule has 0 aliphatic heterocycles. The number of ether oxygens (including phenoxy) is 1. The highest BCUT2D eigenvalue weighted by atomic mass is 19.4. The Morgan fingerprint density at radius 3 is 2.70 bits per heavy atom. The highest BCUT2D eigenvalue weighted by Gasteiger charge is 2.30. The van der Waals surface area contributed by atoms with Crippen LogP contribution in [0.3, 0.4) is 0 Å². The van der Waals surface area contributed by atoms with E-state index in [0.29, 0.717) is 5.56 Å². The highest BCUT2D eigenvalue weighted by Crippen LogP contribution is 2.31. The van der Waals surface area contributed by atoms with Gasteiger partial charge >= 0.3 is 6.18 Å². The van der Waals surface area contributed by atoms with Crippen LogP contribution in [0.1, 0.15) is 16.8 Å². The Kier molecular flexibility index (Phi) is 3.89. The first-order chi connectivity index (χ1) is 9.50. The van der Waals surface area contributed by atoms with Gasteiger partial charge in [0, 0.05) is 11.8 Å². The average Bonchev–Trinajstić information content (AvgIpc) is 2.45. The van der Waals surface area contributed by atoms with Crippen LogP contribution in [0.2, 0.25) is 0 Å². The van der Waals surface area contributed by atoms with Crippen LogP contribution in [0.5, 0.6) is 5.75 Å². The van der Waals surface area contributed by atoms with E-state index in [-0.39, 0.29) is 18.1 Å². The summed E-state index contributed by atoms with van der Waals surface area (Å²) in [5, 5.41) is 8.85. The number of pyridine rings is 1. The van der Waals surface area contributed by atoms with E-state index in [1.54, 1.807) is 12.1 Å². The van der Waals surface area contributed by atoms with Crippen molar-refractivity contribution < 1.29 is 17.9 Å². The number of aromatic nitrogens is 1. The van der Waals surface area contributed by atoms with Gasteiger partial charge in [-0.25, -0.2) is 4.98 Å². The summed E-state index contributed by atoms with van der Waals surface area (Å²) in [7, 11) is 0. The van der Waals surface area contributed by atoms with Crippen molar-refractivity contribution in [2.24, 2.45) is 0 Å². The second kappa shape index (κ2) is 5.61. The average molecular weight is 278 g/mol. The van der Waals surface area contributed by atoms with Gasteiger partial charge < -0.3 is 4.74 Å². The number of hydrogen-bond acceptors (Lipinski definition) is 3. The van der Waals surface area contributed by atoms with Gasteiger partial charge in [0.15, 0.2) is 0 Å². The number of alkyl halides is 3. The summed E-state index contributed by atoms with van der Waals surface area (Å²) in [6.45, 7) is -0.0158. The largest absolute Gasteiger partial charge is 0.489 e.